The van der Waals surface area contributed by atoms with Gasteiger partial charge in [-0.15, -0.1) is 0 Å². The van der Waals surface area contributed by atoms with Gasteiger partial charge in [0.15, 0.2) is 0 Å². The summed E-state index contributed by atoms with van der Waals surface area (Å²) in [6, 6.07) is 0. The zero-order valence-electron chi connectivity index (χ0n) is 6.28. The summed E-state index contributed by atoms with van der Waals surface area (Å²) in [5, 5.41) is 0. The molecule has 0 spiro atoms. The molecule has 1 atom stereocenters. The first-order valence-electron chi connectivity index (χ1n) is 3.10. The topological polar surface area (TPSA) is 107 Å². The van der Waals surface area contributed by atoms with E-state index in [0.29, 0.717) is 0 Å². The van der Waals surface area contributed by atoms with E-state index in [1.165, 1.54) is 6.92 Å². The molecule has 6 nitrogen and oxygen atoms in total. The summed E-state index contributed by atoms with van der Waals surface area (Å²) >= 11 is 0. The van der Waals surface area contributed by atoms with Gasteiger partial charge in [-0.05, 0) is 6.92 Å². The predicted octanol–water partition coefficient (Wildman–Crippen LogP) is -2.55. The van der Waals surface area contributed by atoms with Crippen molar-refractivity contribution in [3.63, 3.8) is 0 Å². The van der Waals surface area contributed by atoms with E-state index >= 15 is 0 Å². The van der Waals surface area contributed by atoms with Crippen LogP contribution in [0.3, 0.4) is 0 Å². The fourth-order valence-corrected chi connectivity index (χ4v) is 1.26. The molecule has 8 heteroatoms. The van der Waals surface area contributed by atoms with Gasteiger partial charge in [-0.1, -0.05) is 0 Å². The molecule has 0 saturated heterocycles. The third-order valence-corrected chi connectivity index (χ3v) is 1.82. The van der Waals surface area contributed by atoms with Gasteiger partial charge in [-0.25, -0.2) is 0 Å². The molecule has 0 aromatic carbocycles. The summed E-state index contributed by atoms with van der Waals surface area (Å²) in [5.74, 6) is 0. The molecular formula is C4H14N3NaO3S. The maximum atomic E-state index is 10.7. The summed E-state index contributed by atoms with van der Waals surface area (Å²) in [7, 11) is -3.70. The number of rotatable bonds is 5. The maximum absolute atomic E-state index is 10.7. The van der Waals surface area contributed by atoms with Crippen molar-refractivity contribution in [3.8, 4) is 0 Å². The number of nitrogens with one attached hydrogen (secondary N) is 1. The van der Waals surface area contributed by atoms with Crippen molar-refractivity contribution in [3.05, 3.63) is 0 Å². The molecule has 0 aliphatic rings. The zero-order valence-corrected chi connectivity index (χ0v) is 7.10. The standard InChI is InChI=1S/C4H13N3O3S.Na.H/c1-4(6)7-11(8,9)10-3-2-5;;/h4,7H,2-3,5-6H2,1H3;;. The van der Waals surface area contributed by atoms with Gasteiger partial charge in [0.1, 0.15) is 0 Å². The fraction of sp³-hybridized carbons (Fsp3) is 1.00. The number of hydrogen-bond donors (Lipinski definition) is 3. The molecule has 0 fully saturated rings. The molecule has 12 heavy (non-hydrogen) atoms. The molecule has 0 aliphatic heterocycles. The first-order valence-corrected chi connectivity index (χ1v) is 4.51. The van der Waals surface area contributed by atoms with E-state index in [4.69, 9.17) is 11.5 Å². The fourth-order valence-electron chi connectivity index (χ4n) is 0.420. The van der Waals surface area contributed by atoms with Crippen molar-refractivity contribution in [2.75, 3.05) is 13.2 Å². The second-order valence-corrected chi connectivity index (χ2v) is 3.35. The van der Waals surface area contributed by atoms with Crippen LogP contribution in [0.4, 0.5) is 0 Å². The van der Waals surface area contributed by atoms with Crippen molar-refractivity contribution < 1.29 is 12.6 Å². The van der Waals surface area contributed by atoms with Gasteiger partial charge in [-0.3, -0.25) is 4.18 Å². The van der Waals surface area contributed by atoms with Crippen LogP contribution >= 0.6 is 0 Å². The SMILES string of the molecule is CC(N)NS(=O)(=O)OCCN.[NaH]. The molecule has 0 saturated carbocycles. The van der Waals surface area contributed by atoms with E-state index in [9.17, 15) is 8.42 Å². The van der Waals surface area contributed by atoms with E-state index in [1.807, 2.05) is 4.72 Å². The summed E-state index contributed by atoms with van der Waals surface area (Å²) in [6.07, 6.45) is -0.655. The van der Waals surface area contributed by atoms with Gasteiger partial charge >= 0.3 is 39.9 Å². The molecule has 0 aliphatic carbocycles. The average molecular weight is 207 g/mol. The van der Waals surface area contributed by atoms with E-state index in [1.54, 1.807) is 0 Å². The van der Waals surface area contributed by atoms with Crippen LogP contribution < -0.4 is 16.2 Å². The Kier molecular flexibility index (Phi) is 9.19. The van der Waals surface area contributed by atoms with Crippen LogP contribution in [0.25, 0.3) is 0 Å². The van der Waals surface area contributed by atoms with Gasteiger partial charge in [0.25, 0.3) is 0 Å². The summed E-state index contributed by atoms with van der Waals surface area (Å²) in [6.45, 7) is 1.60. The molecule has 0 aromatic heterocycles. The molecule has 1 unspecified atom stereocenters. The molecule has 70 valence electrons. The van der Waals surface area contributed by atoms with Crippen LogP contribution in [0.2, 0.25) is 0 Å². The average Bonchev–Trinajstić information content (AvgIpc) is 1.81. The Labute approximate surface area is 94.6 Å². The Balaban J connectivity index is 0. The van der Waals surface area contributed by atoms with Crippen molar-refractivity contribution in [1.29, 1.82) is 0 Å². The molecule has 0 rings (SSSR count). The Bertz CT molecular complexity index is 194. The third-order valence-electron chi connectivity index (χ3n) is 0.687. The van der Waals surface area contributed by atoms with E-state index in [-0.39, 0.29) is 42.7 Å². The van der Waals surface area contributed by atoms with E-state index in [0.717, 1.165) is 0 Å². The van der Waals surface area contributed by atoms with Crippen LogP contribution in [-0.4, -0.2) is 57.3 Å². The quantitative estimate of drug-likeness (QED) is 0.340. The molecule has 0 amide bonds. The van der Waals surface area contributed by atoms with E-state index in [2.05, 4.69) is 4.18 Å². The molecule has 5 N–H and O–H groups in total. The van der Waals surface area contributed by atoms with Gasteiger partial charge in [0.2, 0.25) is 0 Å². The molecular weight excluding hydrogens is 193 g/mol. The van der Waals surface area contributed by atoms with Gasteiger partial charge in [-0.2, -0.15) is 13.1 Å². The van der Waals surface area contributed by atoms with Crippen LogP contribution in [0.1, 0.15) is 6.92 Å². The van der Waals surface area contributed by atoms with Gasteiger partial charge in [0.05, 0.1) is 12.8 Å². The second kappa shape index (κ2) is 7.22. The van der Waals surface area contributed by atoms with Crippen LogP contribution in [0.15, 0.2) is 0 Å². The Morgan fingerprint density at radius 2 is 2.08 bits per heavy atom. The minimum absolute atomic E-state index is 0. The van der Waals surface area contributed by atoms with Crippen molar-refractivity contribution in [2.24, 2.45) is 11.5 Å². The third kappa shape index (κ3) is 8.88. The number of nitrogens with two attached hydrogens (primary N) is 2. The molecule has 0 radical (unpaired) electrons. The predicted molar refractivity (Wildman–Crippen MR) is 47.9 cm³/mol. The molecule has 0 bridgehead atoms. The summed E-state index contributed by atoms with van der Waals surface area (Å²) in [5.41, 5.74) is 10.2. The van der Waals surface area contributed by atoms with Crippen LogP contribution in [0.5, 0.6) is 0 Å². The van der Waals surface area contributed by atoms with Crippen molar-refractivity contribution in [1.82, 2.24) is 4.72 Å². The Hall–Kier alpha value is 0.790. The first kappa shape index (κ1) is 15.3. The monoisotopic (exact) mass is 207 g/mol. The summed E-state index contributed by atoms with van der Waals surface area (Å²) < 4.78 is 27.8. The molecule has 0 heterocycles. The minimum atomic E-state index is -3.70. The van der Waals surface area contributed by atoms with Crippen LogP contribution in [-0.2, 0) is 14.5 Å². The zero-order chi connectivity index (χ0) is 8.91. The Morgan fingerprint density at radius 3 is 2.42 bits per heavy atom. The van der Waals surface area contributed by atoms with Gasteiger partial charge in [0, 0.05) is 6.54 Å². The first-order chi connectivity index (χ1) is 4.98. The van der Waals surface area contributed by atoms with Crippen LogP contribution in [0, 0.1) is 0 Å². The van der Waals surface area contributed by atoms with Crippen molar-refractivity contribution >= 4 is 39.9 Å². The molecule has 0 aromatic rings. The normalized spacial score (nSPS) is 13.6. The van der Waals surface area contributed by atoms with Crippen molar-refractivity contribution in [2.45, 2.75) is 13.1 Å². The summed E-state index contributed by atoms with van der Waals surface area (Å²) in [4.78, 5) is 0. The Morgan fingerprint density at radius 1 is 1.58 bits per heavy atom. The van der Waals surface area contributed by atoms with E-state index < -0.39 is 16.5 Å². The number of hydrogen-bond acceptors (Lipinski definition) is 5. The van der Waals surface area contributed by atoms with Gasteiger partial charge < -0.3 is 11.5 Å². The second-order valence-electron chi connectivity index (χ2n) is 1.97.